The first kappa shape index (κ1) is 23.6. The van der Waals surface area contributed by atoms with E-state index in [9.17, 15) is 15.0 Å². The summed E-state index contributed by atoms with van der Waals surface area (Å²) < 4.78 is 0. The molecule has 0 fully saturated rings. The summed E-state index contributed by atoms with van der Waals surface area (Å²) in [5.41, 5.74) is 2.25. The lowest BCUT2D eigenvalue weighted by atomic mass is 9.81. The molecule has 0 aromatic rings. The van der Waals surface area contributed by atoms with E-state index in [1.54, 1.807) is 0 Å². The lowest BCUT2D eigenvalue weighted by Crippen LogP contribution is -2.27. The maximum Gasteiger partial charge on any atom is 0.303 e. The fourth-order valence-electron chi connectivity index (χ4n) is 3.35. The Morgan fingerprint density at radius 3 is 2.56 bits per heavy atom. The Hall–Kier alpha value is -1.39. The number of carboxylic acids is 1. The minimum absolute atomic E-state index is 0.0158. The summed E-state index contributed by atoms with van der Waals surface area (Å²) in [5, 5.41) is 29.5. The number of aliphatic hydroxyl groups is 2. The Kier molecular flexibility index (Phi) is 10.0. The van der Waals surface area contributed by atoms with Gasteiger partial charge in [-0.3, -0.25) is 4.79 Å². The first-order valence-corrected chi connectivity index (χ1v) is 10.2. The third-order valence-corrected chi connectivity index (χ3v) is 5.41. The summed E-state index contributed by atoms with van der Waals surface area (Å²) in [6.07, 6.45) is 13.5. The van der Waals surface area contributed by atoms with Crippen LogP contribution >= 0.6 is 0 Å². The first-order chi connectivity index (χ1) is 12.6. The molecule has 0 amide bonds. The van der Waals surface area contributed by atoms with E-state index in [1.807, 2.05) is 12.2 Å². The number of aliphatic hydroxyl groups excluding tert-OH is 2. The van der Waals surface area contributed by atoms with Gasteiger partial charge in [-0.15, -0.1) is 0 Å². The number of carbonyl (C=O) groups is 1. The van der Waals surface area contributed by atoms with E-state index in [2.05, 4.69) is 39.8 Å². The molecule has 0 saturated heterocycles. The monoisotopic (exact) mass is 378 g/mol. The van der Waals surface area contributed by atoms with E-state index >= 15 is 0 Å². The minimum atomic E-state index is -0.729. The number of aliphatic carboxylic acids is 1. The smallest absolute Gasteiger partial charge is 0.303 e. The Morgan fingerprint density at radius 1 is 1.26 bits per heavy atom. The van der Waals surface area contributed by atoms with Gasteiger partial charge in [-0.25, -0.2) is 0 Å². The van der Waals surface area contributed by atoms with Crippen molar-refractivity contribution in [2.75, 3.05) is 0 Å². The fourth-order valence-corrected chi connectivity index (χ4v) is 3.35. The highest BCUT2D eigenvalue weighted by Gasteiger charge is 2.28. The number of hydrogen-bond donors (Lipinski definition) is 3. The van der Waals surface area contributed by atoms with Crippen LogP contribution in [0.25, 0.3) is 0 Å². The number of unbranched alkanes of at least 4 members (excludes halogenated alkanes) is 3. The van der Waals surface area contributed by atoms with Gasteiger partial charge in [0.2, 0.25) is 0 Å². The first-order valence-electron chi connectivity index (χ1n) is 10.2. The Bertz CT molecular complexity index is 553. The maximum absolute atomic E-state index is 10.6. The Labute approximate surface area is 164 Å². The third-order valence-electron chi connectivity index (χ3n) is 5.41. The number of rotatable bonds is 12. The van der Waals surface area contributed by atoms with Crippen LogP contribution in [0.3, 0.4) is 0 Å². The second-order valence-electron chi connectivity index (χ2n) is 8.72. The van der Waals surface area contributed by atoms with Crippen LogP contribution < -0.4 is 0 Å². The van der Waals surface area contributed by atoms with Crippen LogP contribution in [0.1, 0.15) is 79.1 Å². The van der Waals surface area contributed by atoms with Crippen molar-refractivity contribution in [3.63, 3.8) is 0 Å². The van der Waals surface area contributed by atoms with Gasteiger partial charge in [-0.1, -0.05) is 62.1 Å². The van der Waals surface area contributed by atoms with E-state index in [-0.39, 0.29) is 17.8 Å². The van der Waals surface area contributed by atoms with Gasteiger partial charge in [-0.05, 0) is 51.4 Å². The second-order valence-corrected chi connectivity index (χ2v) is 8.72. The normalized spacial score (nSPS) is 21.3. The van der Waals surface area contributed by atoms with Crippen LogP contribution in [-0.4, -0.2) is 33.5 Å². The van der Waals surface area contributed by atoms with Crippen LogP contribution in [0.5, 0.6) is 0 Å². The highest BCUT2D eigenvalue weighted by Crippen LogP contribution is 2.33. The molecule has 4 nitrogen and oxygen atoms in total. The molecule has 1 aliphatic carbocycles. The largest absolute Gasteiger partial charge is 0.481 e. The van der Waals surface area contributed by atoms with Gasteiger partial charge in [0.25, 0.3) is 0 Å². The molecular formula is C23H38O4. The fraction of sp³-hybridized carbons (Fsp3) is 0.696. The van der Waals surface area contributed by atoms with Gasteiger partial charge in [0.1, 0.15) is 0 Å². The molecule has 4 heteroatoms. The van der Waals surface area contributed by atoms with Gasteiger partial charge in [0.05, 0.1) is 12.2 Å². The molecule has 0 unspecified atom stereocenters. The molecule has 27 heavy (non-hydrogen) atoms. The highest BCUT2D eigenvalue weighted by molar-refractivity contribution is 5.66. The van der Waals surface area contributed by atoms with E-state index in [1.165, 1.54) is 11.1 Å². The second kappa shape index (κ2) is 11.5. The number of carboxylic acid groups (broad SMARTS) is 1. The van der Waals surface area contributed by atoms with Crippen molar-refractivity contribution in [2.45, 2.75) is 91.3 Å². The standard InChI is InChI=1S/C23H38O4/c1-17(2)15-16-23(3,4)21(25)14-12-19-18(11-13-20(19)24)9-7-5-6-8-10-22(26)27/h11-12,14-15,19-21,24-25H,5-10,13,16H2,1-4H3,(H,26,27)/b14-12+/t19-,20-,21-/m1/s1. The van der Waals surface area contributed by atoms with Crippen LogP contribution in [-0.2, 0) is 4.79 Å². The van der Waals surface area contributed by atoms with Crippen LogP contribution in [0.4, 0.5) is 0 Å². The molecule has 3 atom stereocenters. The molecular weight excluding hydrogens is 340 g/mol. The van der Waals surface area contributed by atoms with Gasteiger partial charge >= 0.3 is 5.97 Å². The molecule has 0 bridgehead atoms. The van der Waals surface area contributed by atoms with Crippen molar-refractivity contribution >= 4 is 5.97 Å². The van der Waals surface area contributed by atoms with Crippen molar-refractivity contribution < 1.29 is 20.1 Å². The molecule has 3 N–H and O–H groups in total. The average molecular weight is 379 g/mol. The third kappa shape index (κ3) is 8.89. The van der Waals surface area contributed by atoms with Gasteiger partial charge in [0.15, 0.2) is 0 Å². The van der Waals surface area contributed by atoms with Crippen LogP contribution in [0.15, 0.2) is 35.5 Å². The summed E-state index contributed by atoms with van der Waals surface area (Å²) in [4.78, 5) is 10.5. The Balaban J connectivity index is 2.51. The van der Waals surface area contributed by atoms with E-state index in [0.29, 0.717) is 6.42 Å². The molecule has 0 spiro atoms. The summed E-state index contributed by atoms with van der Waals surface area (Å²) in [6.45, 7) is 8.23. The van der Waals surface area contributed by atoms with Crippen LogP contribution in [0, 0.1) is 11.3 Å². The van der Waals surface area contributed by atoms with Crippen molar-refractivity contribution in [3.05, 3.63) is 35.5 Å². The topological polar surface area (TPSA) is 77.8 Å². The SMILES string of the molecule is CC(C)=CCC(C)(C)[C@H](O)/C=C/[C@@H]1C(CCCCCCC(=O)O)=CC[C@H]1O. The molecule has 0 saturated carbocycles. The molecule has 0 heterocycles. The lowest BCUT2D eigenvalue weighted by Gasteiger charge is -2.28. The van der Waals surface area contributed by atoms with Gasteiger partial charge in [-0.2, -0.15) is 0 Å². The summed E-state index contributed by atoms with van der Waals surface area (Å²) in [6, 6.07) is 0. The zero-order chi connectivity index (χ0) is 20.4. The molecule has 0 aromatic heterocycles. The Morgan fingerprint density at radius 2 is 1.93 bits per heavy atom. The zero-order valence-electron chi connectivity index (χ0n) is 17.4. The minimum Gasteiger partial charge on any atom is -0.481 e. The quantitative estimate of drug-likeness (QED) is 0.329. The van der Waals surface area contributed by atoms with Crippen molar-refractivity contribution in [3.8, 4) is 0 Å². The predicted octanol–water partition coefficient (Wildman–Crippen LogP) is 5.02. The summed E-state index contributed by atoms with van der Waals surface area (Å²) in [5.74, 6) is -0.745. The van der Waals surface area contributed by atoms with Gasteiger partial charge < -0.3 is 15.3 Å². The van der Waals surface area contributed by atoms with E-state index < -0.39 is 18.2 Å². The number of allylic oxidation sites excluding steroid dienone is 2. The predicted molar refractivity (Wildman–Crippen MR) is 111 cm³/mol. The molecule has 0 aliphatic heterocycles. The zero-order valence-corrected chi connectivity index (χ0v) is 17.4. The summed E-state index contributed by atoms with van der Waals surface area (Å²) in [7, 11) is 0. The molecule has 0 aromatic carbocycles. The summed E-state index contributed by atoms with van der Waals surface area (Å²) >= 11 is 0. The molecule has 1 aliphatic rings. The maximum atomic E-state index is 10.6. The highest BCUT2D eigenvalue weighted by atomic mass is 16.4. The molecule has 1 rings (SSSR count). The lowest BCUT2D eigenvalue weighted by molar-refractivity contribution is -0.137. The average Bonchev–Trinajstić information content (AvgIpc) is 2.93. The van der Waals surface area contributed by atoms with Crippen molar-refractivity contribution in [1.29, 1.82) is 0 Å². The molecule has 0 radical (unpaired) electrons. The van der Waals surface area contributed by atoms with E-state index in [4.69, 9.17) is 5.11 Å². The van der Waals surface area contributed by atoms with Gasteiger partial charge in [0, 0.05) is 12.3 Å². The van der Waals surface area contributed by atoms with E-state index in [0.717, 1.165) is 38.5 Å². The van der Waals surface area contributed by atoms with Crippen LogP contribution in [0.2, 0.25) is 0 Å². The van der Waals surface area contributed by atoms with Crippen molar-refractivity contribution in [1.82, 2.24) is 0 Å². The van der Waals surface area contributed by atoms with Crippen molar-refractivity contribution in [2.24, 2.45) is 11.3 Å². The number of hydrogen-bond acceptors (Lipinski definition) is 3. The molecule has 154 valence electrons.